The second kappa shape index (κ2) is 8.34. The van der Waals surface area contributed by atoms with Crippen molar-refractivity contribution in [2.75, 3.05) is 7.11 Å². The number of nitriles is 1. The summed E-state index contributed by atoms with van der Waals surface area (Å²) in [4.78, 5) is 12.6. The number of halogens is 1. The van der Waals surface area contributed by atoms with Gasteiger partial charge in [0.15, 0.2) is 5.75 Å². The van der Waals surface area contributed by atoms with Gasteiger partial charge >= 0.3 is 0 Å². The number of aromatic nitrogens is 3. The van der Waals surface area contributed by atoms with Crippen molar-refractivity contribution in [2.45, 2.75) is 20.1 Å². The van der Waals surface area contributed by atoms with Crippen LogP contribution in [-0.2, 0) is 18.0 Å². The highest BCUT2D eigenvalue weighted by Crippen LogP contribution is 2.25. The molecule has 0 saturated carbocycles. The molecule has 0 atom stereocenters. The minimum atomic E-state index is -0.420. The van der Waals surface area contributed by atoms with E-state index in [9.17, 15) is 4.39 Å². The van der Waals surface area contributed by atoms with Crippen LogP contribution in [0.15, 0.2) is 42.7 Å². The first-order chi connectivity index (χ1) is 13.1. The zero-order chi connectivity index (χ0) is 19.2. The molecule has 136 valence electrons. The van der Waals surface area contributed by atoms with E-state index in [2.05, 4.69) is 15.0 Å². The minimum absolute atomic E-state index is 0.0130. The van der Waals surface area contributed by atoms with E-state index >= 15 is 0 Å². The minimum Gasteiger partial charge on any atom is -0.485 e. The third-order valence-electron chi connectivity index (χ3n) is 3.86. The van der Waals surface area contributed by atoms with E-state index in [4.69, 9.17) is 14.7 Å². The summed E-state index contributed by atoms with van der Waals surface area (Å²) >= 11 is 0. The van der Waals surface area contributed by atoms with Gasteiger partial charge < -0.3 is 9.47 Å². The summed E-state index contributed by atoms with van der Waals surface area (Å²) in [7, 11) is 1.56. The van der Waals surface area contributed by atoms with Crippen molar-refractivity contribution in [1.29, 1.82) is 5.26 Å². The van der Waals surface area contributed by atoms with Gasteiger partial charge in [-0.2, -0.15) is 5.26 Å². The zero-order valence-corrected chi connectivity index (χ0v) is 14.9. The topological polar surface area (TPSA) is 80.9 Å². The highest BCUT2D eigenvalue weighted by molar-refractivity contribution is 5.61. The first kappa shape index (κ1) is 18.4. The van der Waals surface area contributed by atoms with E-state index in [1.165, 1.54) is 6.20 Å². The van der Waals surface area contributed by atoms with Crippen molar-refractivity contribution in [3.05, 3.63) is 71.2 Å². The normalized spacial score (nSPS) is 10.4. The van der Waals surface area contributed by atoms with Gasteiger partial charge in [0.2, 0.25) is 0 Å². The summed E-state index contributed by atoms with van der Waals surface area (Å²) in [5.41, 5.74) is 2.20. The van der Waals surface area contributed by atoms with Gasteiger partial charge in [-0.3, -0.25) is 4.98 Å². The molecule has 2 heterocycles. The van der Waals surface area contributed by atoms with E-state index in [0.29, 0.717) is 39.7 Å². The lowest BCUT2D eigenvalue weighted by atomic mass is 10.1. The molecule has 0 bridgehead atoms. The van der Waals surface area contributed by atoms with Crippen molar-refractivity contribution in [3.63, 3.8) is 0 Å². The number of ether oxygens (including phenoxy) is 2. The summed E-state index contributed by atoms with van der Waals surface area (Å²) in [6.07, 6.45) is 2.97. The molecule has 27 heavy (non-hydrogen) atoms. The van der Waals surface area contributed by atoms with Crippen LogP contribution in [0.3, 0.4) is 0 Å². The fraction of sp³-hybridized carbons (Fsp3) is 0.200. The SMILES string of the molecule is COCc1nc(C)ncc1OCc1cccc(-c2ccc(C#N)cn2)c1F. The fourth-order valence-electron chi connectivity index (χ4n) is 2.53. The molecule has 0 unspecified atom stereocenters. The Morgan fingerprint density at radius 1 is 1.11 bits per heavy atom. The summed E-state index contributed by atoms with van der Waals surface area (Å²) in [5.74, 6) is 0.634. The first-order valence-electron chi connectivity index (χ1n) is 8.20. The summed E-state index contributed by atoms with van der Waals surface area (Å²) < 4.78 is 25.8. The molecule has 0 aliphatic carbocycles. The molecular weight excluding hydrogens is 347 g/mol. The van der Waals surface area contributed by atoms with Crippen LogP contribution < -0.4 is 4.74 Å². The lowest BCUT2D eigenvalue weighted by Crippen LogP contribution is -2.05. The molecule has 0 spiro atoms. The molecule has 0 saturated heterocycles. The van der Waals surface area contributed by atoms with Gasteiger partial charge in [-0.25, -0.2) is 14.4 Å². The Balaban J connectivity index is 1.83. The Morgan fingerprint density at radius 3 is 2.67 bits per heavy atom. The third-order valence-corrected chi connectivity index (χ3v) is 3.86. The third kappa shape index (κ3) is 4.25. The number of hydrogen-bond donors (Lipinski definition) is 0. The quantitative estimate of drug-likeness (QED) is 0.665. The molecule has 0 aliphatic rings. The Hall–Kier alpha value is -3.37. The molecule has 2 aromatic heterocycles. The van der Waals surface area contributed by atoms with Crippen molar-refractivity contribution in [2.24, 2.45) is 0 Å². The number of pyridine rings is 1. The van der Waals surface area contributed by atoms with Crippen LogP contribution in [0.5, 0.6) is 5.75 Å². The molecule has 7 heteroatoms. The van der Waals surface area contributed by atoms with Crippen LogP contribution in [0, 0.1) is 24.1 Å². The highest BCUT2D eigenvalue weighted by atomic mass is 19.1. The number of nitrogens with zero attached hydrogens (tertiary/aromatic N) is 4. The van der Waals surface area contributed by atoms with Crippen molar-refractivity contribution >= 4 is 0 Å². The van der Waals surface area contributed by atoms with Gasteiger partial charge in [0.05, 0.1) is 24.1 Å². The largest absolute Gasteiger partial charge is 0.485 e. The molecule has 3 aromatic rings. The summed E-state index contributed by atoms with van der Waals surface area (Å²) in [5, 5.41) is 8.85. The lowest BCUT2D eigenvalue weighted by molar-refractivity contribution is 0.174. The van der Waals surface area contributed by atoms with Crippen molar-refractivity contribution < 1.29 is 13.9 Å². The highest BCUT2D eigenvalue weighted by Gasteiger charge is 2.13. The van der Waals surface area contributed by atoms with Crippen LogP contribution in [0.1, 0.15) is 22.6 Å². The maximum atomic E-state index is 14.9. The van der Waals surface area contributed by atoms with Crippen LogP contribution in [0.2, 0.25) is 0 Å². The number of hydrogen-bond acceptors (Lipinski definition) is 6. The number of rotatable bonds is 6. The molecule has 1 aromatic carbocycles. The second-order valence-corrected chi connectivity index (χ2v) is 5.77. The van der Waals surface area contributed by atoms with Gasteiger partial charge in [0.1, 0.15) is 30.0 Å². The van der Waals surface area contributed by atoms with Gasteiger partial charge in [-0.1, -0.05) is 12.1 Å². The molecule has 0 fully saturated rings. The summed E-state index contributed by atoms with van der Waals surface area (Å²) in [6, 6.07) is 10.2. The van der Waals surface area contributed by atoms with E-state index in [1.54, 1.807) is 50.6 Å². The van der Waals surface area contributed by atoms with E-state index in [1.807, 2.05) is 6.07 Å². The van der Waals surface area contributed by atoms with Crippen molar-refractivity contribution in [3.8, 4) is 23.1 Å². The molecular formula is C20H17FN4O2. The Bertz CT molecular complexity index is 984. The van der Waals surface area contributed by atoms with E-state index in [-0.39, 0.29) is 13.2 Å². The molecule has 0 aliphatic heterocycles. The van der Waals surface area contributed by atoms with Gasteiger partial charge in [-0.05, 0) is 25.1 Å². The fourth-order valence-corrected chi connectivity index (χ4v) is 2.53. The molecule has 0 N–H and O–H groups in total. The van der Waals surface area contributed by atoms with E-state index < -0.39 is 5.82 Å². The maximum absolute atomic E-state index is 14.9. The average Bonchev–Trinajstić information content (AvgIpc) is 2.69. The van der Waals surface area contributed by atoms with Gasteiger partial charge in [0, 0.05) is 24.4 Å². The zero-order valence-electron chi connectivity index (χ0n) is 14.9. The standard InChI is InChI=1S/C20H17FN4O2/c1-13-23-10-19(18(25-13)12-26-2)27-11-15-4-3-5-16(20(15)21)17-7-6-14(8-22)9-24-17/h3-7,9-10H,11-12H2,1-2H3. The van der Waals surface area contributed by atoms with Crippen LogP contribution in [0.25, 0.3) is 11.3 Å². The molecule has 3 rings (SSSR count). The Labute approximate surface area is 156 Å². The number of methoxy groups -OCH3 is 1. The van der Waals surface area contributed by atoms with Crippen LogP contribution in [-0.4, -0.2) is 22.1 Å². The van der Waals surface area contributed by atoms with Crippen LogP contribution in [0.4, 0.5) is 4.39 Å². The molecule has 0 radical (unpaired) electrons. The second-order valence-electron chi connectivity index (χ2n) is 5.77. The van der Waals surface area contributed by atoms with Gasteiger partial charge in [-0.15, -0.1) is 0 Å². The number of benzene rings is 1. The molecule has 0 amide bonds. The lowest BCUT2D eigenvalue weighted by Gasteiger charge is -2.12. The predicted molar refractivity (Wildman–Crippen MR) is 96.2 cm³/mol. The van der Waals surface area contributed by atoms with E-state index in [0.717, 1.165) is 0 Å². The smallest absolute Gasteiger partial charge is 0.162 e. The number of aryl methyl sites for hydroxylation is 1. The van der Waals surface area contributed by atoms with Crippen molar-refractivity contribution in [1.82, 2.24) is 15.0 Å². The van der Waals surface area contributed by atoms with Gasteiger partial charge in [0.25, 0.3) is 0 Å². The van der Waals surface area contributed by atoms with Crippen LogP contribution >= 0.6 is 0 Å². The summed E-state index contributed by atoms with van der Waals surface area (Å²) in [6.45, 7) is 2.06. The predicted octanol–water partition coefficient (Wildman–Crippen LogP) is 3.58. The Kier molecular flexibility index (Phi) is 5.69. The first-order valence-corrected chi connectivity index (χ1v) is 8.20. The maximum Gasteiger partial charge on any atom is 0.162 e. The average molecular weight is 364 g/mol. The monoisotopic (exact) mass is 364 g/mol. The Morgan fingerprint density at radius 2 is 1.96 bits per heavy atom. The molecule has 6 nitrogen and oxygen atoms in total.